The Morgan fingerprint density at radius 1 is 1.45 bits per heavy atom. The largest absolute Gasteiger partial charge is 0.377 e. The Morgan fingerprint density at radius 2 is 2.15 bits per heavy atom. The molecule has 0 aromatic carbocycles. The average Bonchev–Trinajstić information content (AvgIpc) is 2.43. The Morgan fingerprint density at radius 3 is 2.70 bits per heavy atom. The topological polar surface area (TPSA) is 36.9 Å². The summed E-state index contributed by atoms with van der Waals surface area (Å²) in [5, 5.41) is 4.13. The van der Waals surface area contributed by atoms with Gasteiger partial charge in [0.2, 0.25) is 0 Å². The molecule has 0 bridgehead atoms. The van der Waals surface area contributed by atoms with Gasteiger partial charge in [-0.15, -0.1) is 24.0 Å². The first-order valence-corrected chi connectivity index (χ1v) is 8.27. The summed E-state index contributed by atoms with van der Waals surface area (Å²) in [6.45, 7) is 12.3. The predicted molar refractivity (Wildman–Crippen MR) is 101 cm³/mol. The van der Waals surface area contributed by atoms with Crippen molar-refractivity contribution in [1.29, 1.82) is 0 Å². The molecule has 1 aliphatic heterocycles. The number of ether oxygens (including phenoxy) is 1. The van der Waals surface area contributed by atoms with Gasteiger partial charge in [0.1, 0.15) is 0 Å². The standard InChI is InChI=1S/C14H29N3OS.HI/c1-6-12-10-17(8-9-19-12)13(15-7-2)16-11-14(3,4)18-5;/h12H,6-11H2,1-5H3,(H,15,16);1H. The maximum atomic E-state index is 5.44. The molecule has 120 valence electrons. The van der Waals surface area contributed by atoms with Crippen LogP contribution >= 0.6 is 35.7 Å². The summed E-state index contributed by atoms with van der Waals surface area (Å²) in [5.74, 6) is 2.22. The smallest absolute Gasteiger partial charge is 0.194 e. The molecule has 1 aliphatic rings. The minimum Gasteiger partial charge on any atom is -0.377 e. The maximum absolute atomic E-state index is 5.44. The summed E-state index contributed by atoms with van der Waals surface area (Å²) in [6, 6.07) is 0. The first-order chi connectivity index (χ1) is 9.02. The SMILES string of the molecule is CCNC(=NCC(C)(C)OC)N1CCSC(CC)C1.I. The van der Waals surface area contributed by atoms with Gasteiger partial charge in [0, 0.05) is 37.7 Å². The Balaban J connectivity index is 0.00000361. The molecule has 1 unspecified atom stereocenters. The normalized spacial score (nSPS) is 20.6. The first kappa shape index (κ1) is 20.3. The molecule has 1 fully saturated rings. The molecule has 0 radical (unpaired) electrons. The molecule has 0 spiro atoms. The number of aliphatic imine (C=N–C) groups is 1. The molecule has 1 rings (SSSR count). The highest BCUT2D eigenvalue weighted by Crippen LogP contribution is 2.21. The summed E-state index contributed by atoms with van der Waals surface area (Å²) in [5.41, 5.74) is -0.199. The minimum atomic E-state index is -0.199. The van der Waals surface area contributed by atoms with Crippen LogP contribution in [0.2, 0.25) is 0 Å². The van der Waals surface area contributed by atoms with E-state index in [0.29, 0.717) is 6.54 Å². The van der Waals surface area contributed by atoms with Crippen LogP contribution in [0, 0.1) is 0 Å². The predicted octanol–water partition coefficient (Wildman–Crippen LogP) is 2.82. The van der Waals surface area contributed by atoms with Gasteiger partial charge in [0.05, 0.1) is 12.1 Å². The van der Waals surface area contributed by atoms with Gasteiger partial charge >= 0.3 is 0 Å². The number of thioether (sulfide) groups is 1. The second-order valence-corrected chi connectivity index (χ2v) is 6.89. The third kappa shape index (κ3) is 6.85. The van der Waals surface area contributed by atoms with Crippen LogP contribution in [-0.2, 0) is 4.74 Å². The van der Waals surface area contributed by atoms with E-state index in [9.17, 15) is 0 Å². The molecule has 0 amide bonds. The van der Waals surface area contributed by atoms with Crippen LogP contribution < -0.4 is 5.32 Å². The lowest BCUT2D eigenvalue weighted by atomic mass is 10.1. The second-order valence-electron chi connectivity index (χ2n) is 5.48. The van der Waals surface area contributed by atoms with Crippen molar-refractivity contribution in [2.45, 2.75) is 45.0 Å². The van der Waals surface area contributed by atoms with Gasteiger partial charge in [-0.05, 0) is 27.2 Å². The summed E-state index contributed by atoms with van der Waals surface area (Å²) in [6.07, 6.45) is 1.23. The summed E-state index contributed by atoms with van der Waals surface area (Å²) in [4.78, 5) is 7.13. The monoisotopic (exact) mass is 415 g/mol. The Kier molecular flexibility index (Phi) is 10.3. The van der Waals surface area contributed by atoms with E-state index < -0.39 is 0 Å². The van der Waals surface area contributed by atoms with E-state index in [1.54, 1.807) is 7.11 Å². The van der Waals surface area contributed by atoms with Crippen LogP contribution in [0.15, 0.2) is 4.99 Å². The zero-order chi connectivity index (χ0) is 14.3. The summed E-state index contributed by atoms with van der Waals surface area (Å²) < 4.78 is 5.44. The van der Waals surface area contributed by atoms with Gasteiger partial charge in [0.25, 0.3) is 0 Å². The number of halogens is 1. The van der Waals surface area contributed by atoms with Crippen LogP contribution in [-0.4, -0.2) is 60.8 Å². The van der Waals surface area contributed by atoms with Crippen molar-refractivity contribution in [3.05, 3.63) is 0 Å². The lowest BCUT2D eigenvalue weighted by Crippen LogP contribution is -2.48. The fourth-order valence-electron chi connectivity index (χ4n) is 1.91. The highest BCUT2D eigenvalue weighted by atomic mass is 127. The summed E-state index contributed by atoms with van der Waals surface area (Å²) in [7, 11) is 1.74. The Hall–Kier alpha value is 0.310. The molecule has 6 heteroatoms. The van der Waals surface area contributed by atoms with Crippen LogP contribution in [0.25, 0.3) is 0 Å². The van der Waals surface area contributed by atoms with Crippen molar-refractivity contribution in [2.24, 2.45) is 4.99 Å². The molecule has 1 N–H and O–H groups in total. The van der Waals surface area contributed by atoms with Crippen molar-refractivity contribution in [3.8, 4) is 0 Å². The molecule has 1 saturated heterocycles. The van der Waals surface area contributed by atoms with Crippen molar-refractivity contribution in [3.63, 3.8) is 0 Å². The quantitative estimate of drug-likeness (QED) is 0.426. The van der Waals surface area contributed by atoms with E-state index in [2.05, 4.69) is 49.7 Å². The van der Waals surface area contributed by atoms with Gasteiger partial charge in [-0.25, -0.2) is 0 Å². The van der Waals surface area contributed by atoms with Crippen LogP contribution in [0.4, 0.5) is 0 Å². The van der Waals surface area contributed by atoms with Gasteiger partial charge in [-0.1, -0.05) is 6.92 Å². The number of hydrogen-bond donors (Lipinski definition) is 1. The van der Waals surface area contributed by atoms with Crippen LogP contribution in [0.3, 0.4) is 0 Å². The van der Waals surface area contributed by atoms with E-state index in [-0.39, 0.29) is 29.6 Å². The Labute approximate surface area is 145 Å². The van der Waals surface area contributed by atoms with E-state index in [1.165, 1.54) is 12.2 Å². The number of rotatable bonds is 5. The van der Waals surface area contributed by atoms with E-state index in [0.717, 1.165) is 30.8 Å². The lowest BCUT2D eigenvalue weighted by Gasteiger charge is -2.34. The molecular weight excluding hydrogens is 385 g/mol. The molecule has 0 saturated carbocycles. The zero-order valence-electron chi connectivity index (χ0n) is 13.4. The molecule has 0 aliphatic carbocycles. The van der Waals surface area contributed by atoms with Crippen molar-refractivity contribution < 1.29 is 4.74 Å². The first-order valence-electron chi connectivity index (χ1n) is 7.22. The van der Waals surface area contributed by atoms with Gasteiger partial charge in [0.15, 0.2) is 5.96 Å². The van der Waals surface area contributed by atoms with Gasteiger partial charge < -0.3 is 15.0 Å². The van der Waals surface area contributed by atoms with Gasteiger partial charge in [-0.3, -0.25) is 4.99 Å². The molecule has 0 aromatic rings. The van der Waals surface area contributed by atoms with Crippen molar-refractivity contribution >= 4 is 41.7 Å². The molecule has 1 atom stereocenters. The fraction of sp³-hybridized carbons (Fsp3) is 0.929. The second kappa shape index (κ2) is 10.1. The average molecular weight is 415 g/mol. The minimum absolute atomic E-state index is 0. The number of methoxy groups -OCH3 is 1. The maximum Gasteiger partial charge on any atom is 0.194 e. The van der Waals surface area contributed by atoms with Crippen molar-refractivity contribution in [1.82, 2.24) is 10.2 Å². The highest BCUT2D eigenvalue weighted by molar-refractivity contribution is 14.0. The molecular formula is C14H30IN3OS. The number of nitrogens with zero attached hydrogens (tertiary/aromatic N) is 2. The van der Waals surface area contributed by atoms with Gasteiger partial charge in [-0.2, -0.15) is 11.8 Å². The molecule has 4 nitrogen and oxygen atoms in total. The third-order valence-electron chi connectivity index (χ3n) is 3.39. The number of nitrogens with one attached hydrogen (secondary N) is 1. The van der Waals surface area contributed by atoms with Crippen molar-refractivity contribution in [2.75, 3.05) is 39.0 Å². The molecule has 20 heavy (non-hydrogen) atoms. The fourth-order valence-corrected chi connectivity index (χ4v) is 3.09. The Bertz CT molecular complexity index is 300. The number of hydrogen-bond acceptors (Lipinski definition) is 3. The number of guanidine groups is 1. The van der Waals surface area contributed by atoms with E-state index in [1.807, 2.05) is 0 Å². The zero-order valence-corrected chi connectivity index (χ0v) is 16.6. The van der Waals surface area contributed by atoms with E-state index in [4.69, 9.17) is 9.73 Å². The van der Waals surface area contributed by atoms with Crippen LogP contribution in [0.1, 0.15) is 34.1 Å². The van der Waals surface area contributed by atoms with Crippen LogP contribution in [0.5, 0.6) is 0 Å². The third-order valence-corrected chi connectivity index (χ3v) is 4.76. The lowest BCUT2D eigenvalue weighted by molar-refractivity contribution is 0.0309. The van der Waals surface area contributed by atoms with E-state index >= 15 is 0 Å². The molecule has 0 aromatic heterocycles. The molecule has 1 heterocycles. The highest BCUT2D eigenvalue weighted by Gasteiger charge is 2.22. The summed E-state index contributed by atoms with van der Waals surface area (Å²) >= 11 is 2.08.